The fourth-order valence-corrected chi connectivity index (χ4v) is 1.42. The van der Waals surface area contributed by atoms with Gasteiger partial charge in [-0.1, -0.05) is 6.07 Å². The van der Waals surface area contributed by atoms with E-state index in [0.29, 0.717) is 17.7 Å². The number of fused-ring (bicyclic) bond motifs is 1. The molecular formula is C9H8FNO. The Labute approximate surface area is 69.4 Å². The highest BCUT2D eigenvalue weighted by Gasteiger charge is 2.20. The van der Waals surface area contributed by atoms with E-state index in [4.69, 9.17) is 0 Å². The predicted octanol–water partition coefficient (Wildman–Crippen LogP) is 1.63. The number of hydrogen-bond donors (Lipinski definition) is 1. The van der Waals surface area contributed by atoms with Crippen LogP contribution in [0.1, 0.15) is 11.1 Å². The molecule has 1 N–H and O–H groups in total. The fraction of sp³-hybridized carbons (Fsp3) is 0.222. The third-order valence-electron chi connectivity index (χ3n) is 2.10. The summed E-state index contributed by atoms with van der Waals surface area (Å²) in [7, 11) is 0. The molecule has 2 rings (SSSR count). The van der Waals surface area contributed by atoms with E-state index in [0.717, 1.165) is 5.56 Å². The second-order valence-electron chi connectivity index (χ2n) is 2.93. The van der Waals surface area contributed by atoms with Gasteiger partial charge in [-0.3, -0.25) is 4.79 Å². The van der Waals surface area contributed by atoms with Gasteiger partial charge in [0.1, 0.15) is 5.82 Å². The van der Waals surface area contributed by atoms with Crippen LogP contribution in [0.4, 0.5) is 10.1 Å². The number of halogens is 1. The average molecular weight is 165 g/mol. The Hall–Kier alpha value is -1.38. The van der Waals surface area contributed by atoms with Crippen molar-refractivity contribution in [1.82, 2.24) is 0 Å². The Morgan fingerprint density at radius 3 is 3.00 bits per heavy atom. The van der Waals surface area contributed by atoms with Gasteiger partial charge in [0.15, 0.2) is 0 Å². The zero-order valence-electron chi connectivity index (χ0n) is 6.65. The first-order chi connectivity index (χ1) is 5.68. The van der Waals surface area contributed by atoms with E-state index < -0.39 is 0 Å². The van der Waals surface area contributed by atoms with Crippen molar-refractivity contribution in [3.05, 3.63) is 29.1 Å². The normalized spacial score (nSPS) is 14.3. The molecule has 2 nitrogen and oxygen atoms in total. The minimum atomic E-state index is -0.268. The second kappa shape index (κ2) is 2.30. The molecule has 1 heterocycles. The molecule has 0 fully saturated rings. The van der Waals surface area contributed by atoms with Gasteiger partial charge in [-0.05, 0) is 18.6 Å². The van der Waals surface area contributed by atoms with Crippen molar-refractivity contribution >= 4 is 11.6 Å². The molecule has 0 radical (unpaired) electrons. The van der Waals surface area contributed by atoms with Crippen LogP contribution >= 0.6 is 0 Å². The highest BCUT2D eigenvalue weighted by Crippen LogP contribution is 2.28. The second-order valence-corrected chi connectivity index (χ2v) is 2.93. The van der Waals surface area contributed by atoms with E-state index in [9.17, 15) is 9.18 Å². The van der Waals surface area contributed by atoms with Crippen molar-refractivity contribution in [3.63, 3.8) is 0 Å². The summed E-state index contributed by atoms with van der Waals surface area (Å²) in [6.45, 7) is 1.67. The van der Waals surface area contributed by atoms with Gasteiger partial charge in [0.2, 0.25) is 5.91 Å². The van der Waals surface area contributed by atoms with E-state index in [-0.39, 0.29) is 11.7 Å². The number of benzene rings is 1. The van der Waals surface area contributed by atoms with E-state index >= 15 is 0 Å². The molecule has 0 bridgehead atoms. The lowest BCUT2D eigenvalue weighted by Gasteiger charge is -2.03. The van der Waals surface area contributed by atoms with Crippen molar-refractivity contribution in [2.45, 2.75) is 13.3 Å². The first kappa shape index (κ1) is 7.28. The molecular weight excluding hydrogens is 157 g/mol. The number of nitrogens with one attached hydrogen (secondary N) is 1. The largest absolute Gasteiger partial charge is 0.325 e. The van der Waals surface area contributed by atoms with Gasteiger partial charge in [0.05, 0.1) is 12.1 Å². The van der Waals surface area contributed by atoms with Crippen LogP contribution in [-0.4, -0.2) is 5.91 Å². The van der Waals surface area contributed by atoms with Gasteiger partial charge in [-0.25, -0.2) is 4.39 Å². The molecule has 0 aliphatic carbocycles. The first-order valence-electron chi connectivity index (χ1n) is 3.76. The lowest BCUT2D eigenvalue weighted by molar-refractivity contribution is -0.115. The van der Waals surface area contributed by atoms with E-state index in [1.807, 2.05) is 0 Å². The van der Waals surface area contributed by atoms with Gasteiger partial charge in [-0.2, -0.15) is 0 Å². The maximum Gasteiger partial charge on any atom is 0.228 e. The summed E-state index contributed by atoms with van der Waals surface area (Å²) in [4.78, 5) is 10.9. The lowest BCUT2D eigenvalue weighted by Crippen LogP contribution is -2.04. The standard InChI is InChI=1S/C9H8FNO/c1-5-7(10)3-2-6-4-8(12)11-9(5)6/h2-3H,4H2,1H3,(H,11,12). The van der Waals surface area contributed by atoms with E-state index in [1.165, 1.54) is 6.07 Å². The maximum absolute atomic E-state index is 12.9. The van der Waals surface area contributed by atoms with Crippen molar-refractivity contribution in [3.8, 4) is 0 Å². The van der Waals surface area contributed by atoms with Crippen LogP contribution in [-0.2, 0) is 11.2 Å². The molecule has 12 heavy (non-hydrogen) atoms. The van der Waals surface area contributed by atoms with Gasteiger partial charge < -0.3 is 5.32 Å². The molecule has 0 saturated heterocycles. The van der Waals surface area contributed by atoms with Crippen molar-refractivity contribution < 1.29 is 9.18 Å². The van der Waals surface area contributed by atoms with Crippen molar-refractivity contribution in [1.29, 1.82) is 0 Å². The molecule has 1 amide bonds. The molecule has 1 aliphatic heterocycles. The molecule has 0 atom stereocenters. The molecule has 0 aromatic heterocycles. The zero-order chi connectivity index (χ0) is 8.72. The topological polar surface area (TPSA) is 29.1 Å². The molecule has 1 aliphatic rings. The molecule has 0 spiro atoms. The van der Waals surface area contributed by atoms with Crippen molar-refractivity contribution in [2.24, 2.45) is 0 Å². The van der Waals surface area contributed by atoms with Crippen LogP contribution in [0.3, 0.4) is 0 Å². The number of rotatable bonds is 0. The van der Waals surface area contributed by atoms with Crippen LogP contribution in [0.15, 0.2) is 12.1 Å². The van der Waals surface area contributed by atoms with Crippen LogP contribution in [0, 0.1) is 12.7 Å². The van der Waals surface area contributed by atoms with Gasteiger partial charge in [-0.15, -0.1) is 0 Å². The number of amides is 1. The maximum atomic E-state index is 12.9. The molecule has 3 heteroatoms. The summed E-state index contributed by atoms with van der Waals surface area (Å²) >= 11 is 0. The van der Waals surface area contributed by atoms with E-state index in [2.05, 4.69) is 5.32 Å². The Morgan fingerprint density at radius 2 is 2.25 bits per heavy atom. The van der Waals surface area contributed by atoms with Gasteiger partial charge in [0.25, 0.3) is 0 Å². The van der Waals surface area contributed by atoms with E-state index in [1.54, 1.807) is 13.0 Å². The highest BCUT2D eigenvalue weighted by molar-refractivity contribution is 5.99. The Bertz CT molecular complexity index is 360. The summed E-state index contributed by atoms with van der Waals surface area (Å²) in [6, 6.07) is 3.05. The average Bonchev–Trinajstić information content (AvgIpc) is 2.39. The molecule has 0 saturated carbocycles. The Balaban J connectivity index is 2.61. The van der Waals surface area contributed by atoms with Crippen LogP contribution in [0.25, 0.3) is 0 Å². The molecule has 1 aromatic carbocycles. The highest BCUT2D eigenvalue weighted by atomic mass is 19.1. The zero-order valence-corrected chi connectivity index (χ0v) is 6.65. The lowest BCUT2D eigenvalue weighted by atomic mass is 10.1. The quantitative estimate of drug-likeness (QED) is 0.622. The number of hydrogen-bond acceptors (Lipinski definition) is 1. The Kier molecular flexibility index (Phi) is 1.40. The number of carbonyl (C=O) groups excluding carboxylic acids is 1. The SMILES string of the molecule is Cc1c(F)ccc2c1NC(=O)C2. The minimum absolute atomic E-state index is 0.0568. The number of carbonyl (C=O) groups is 1. The number of anilines is 1. The summed E-state index contributed by atoms with van der Waals surface area (Å²) in [5, 5.41) is 2.63. The third-order valence-corrected chi connectivity index (χ3v) is 2.10. The molecule has 0 unspecified atom stereocenters. The summed E-state index contributed by atoms with van der Waals surface area (Å²) in [5.41, 5.74) is 2.07. The van der Waals surface area contributed by atoms with Crippen molar-refractivity contribution in [2.75, 3.05) is 5.32 Å². The minimum Gasteiger partial charge on any atom is -0.325 e. The summed E-state index contributed by atoms with van der Waals surface area (Å²) in [5.74, 6) is -0.324. The summed E-state index contributed by atoms with van der Waals surface area (Å²) in [6.07, 6.45) is 0.371. The first-order valence-corrected chi connectivity index (χ1v) is 3.76. The van der Waals surface area contributed by atoms with Crippen LogP contribution in [0.2, 0.25) is 0 Å². The fourth-order valence-electron chi connectivity index (χ4n) is 1.42. The predicted molar refractivity (Wildman–Crippen MR) is 43.5 cm³/mol. The van der Waals surface area contributed by atoms with Gasteiger partial charge in [0, 0.05) is 5.56 Å². The third kappa shape index (κ3) is 0.897. The molecule has 1 aromatic rings. The smallest absolute Gasteiger partial charge is 0.228 e. The van der Waals surface area contributed by atoms with Crippen LogP contribution < -0.4 is 5.32 Å². The van der Waals surface area contributed by atoms with Gasteiger partial charge >= 0.3 is 0 Å². The molecule has 62 valence electrons. The Morgan fingerprint density at radius 1 is 1.50 bits per heavy atom. The summed E-state index contributed by atoms with van der Waals surface area (Å²) < 4.78 is 12.9. The van der Waals surface area contributed by atoms with Crippen LogP contribution in [0.5, 0.6) is 0 Å². The monoisotopic (exact) mass is 165 g/mol.